The monoisotopic (exact) mass is 407 g/mol. The minimum absolute atomic E-state index is 0.000439. The van der Waals surface area contributed by atoms with Gasteiger partial charge in [-0.2, -0.15) is 0 Å². The van der Waals surface area contributed by atoms with Crippen molar-refractivity contribution in [3.8, 4) is 0 Å². The van der Waals surface area contributed by atoms with E-state index in [-0.39, 0.29) is 17.3 Å². The molecule has 0 spiro atoms. The molecule has 1 heterocycles. The average molecular weight is 407 g/mol. The Morgan fingerprint density at radius 3 is 2.27 bits per heavy atom. The highest BCUT2D eigenvalue weighted by atomic mass is 16.4. The van der Waals surface area contributed by atoms with E-state index in [4.69, 9.17) is 10.8 Å². The van der Waals surface area contributed by atoms with Gasteiger partial charge in [0.15, 0.2) is 5.78 Å². The number of carbonyl (C=O) groups excluding carboxylic acids is 2. The van der Waals surface area contributed by atoms with Crippen LogP contribution in [0.3, 0.4) is 0 Å². The maximum Gasteiger partial charge on any atom is 0.323 e. The van der Waals surface area contributed by atoms with Crippen LogP contribution in [0.5, 0.6) is 0 Å². The SMILES string of the molecule is C[C@H](O)[C@H](N)C1=N/C(=C\c2ccc(C(=O)c3ccccc3)cc2)C(=O)N1CC(=O)O. The number of ketones is 1. The van der Waals surface area contributed by atoms with E-state index in [9.17, 15) is 19.5 Å². The second-order valence-electron chi connectivity index (χ2n) is 6.87. The number of nitrogens with zero attached hydrogens (tertiary/aromatic N) is 2. The van der Waals surface area contributed by atoms with E-state index in [1.807, 2.05) is 6.07 Å². The van der Waals surface area contributed by atoms with Gasteiger partial charge in [-0.25, -0.2) is 4.99 Å². The number of amides is 1. The lowest BCUT2D eigenvalue weighted by molar-refractivity contribution is -0.140. The number of carboxylic acid groups (broad SMARTS) is 1. The van der Waals surface area contributed by atoms with Crippen molar-refractivity contribution in [2.45, 2.75) is 19.1 Å². The van der Waals surface area contributed by atoms with Crippen molar-refractivity contribution in [3.05, 3.63) is 77.0 Å². The second kappa shape index (κ2) is 8.81. The zero-order valence-electron chi connectivity index (χ0n) is 16.2. The third-order valence-electron chi connectivity index (χ3n) is 4.60. The van der Waals surface area contributed by atoms with Crippen LogP contribution >= 0.6 is 0 Å². The molecule has 0 unspecified atom stereocenters. The highest BCUT2D eigenvalue weighted by Crippen LogP contribution is 2.21. The summed E-state index contributed by atoms with van der Waals surface area (Å²) in [6.07, 6.45) is 0.464. The normalized spacial score (nSPS) is 17.0. The number of aliphatic hydroxyl groups is 1. The molecule has 2 aromatic rings. The lowest BCUT2D eigenvalue weighted by Gasteiger charge is -2.22. The number of hydrogen-bond acceptors (Lipinski definition) is 6. The molecule has 1 aliphatic heterocycles. The summed E-state index contributed by atoms with van der Waals surface area (Å²) < 4.78 is 0. The predicted octanol–water partition coefficient (Wildman–Crippen LogP) is 1.29. The van der Waals surface area contributed by atoms with Crippen LogP contribution in [0.4, 0.5) is 0 Å². The number of aliphatic hydroxyl groups excluding tert-OH is 1. The number of rotatable bonds is 7. The molecular weight excluding hydrogens is 386 g/mol. The molecule has 0 radical (unpaired) electrons. The van der Waals surface area contributed by atoms with Crippen molar-refractivity contribution in [1.82, 2.24) is 4.90 Å². The van der Waals surface area contributed by atoms with Crippen molar-refractivity contribution in [2.24, 2.45) is 10.7 Å². The van der Waals surface area contributed by atoms with Crippen LogP contribution in [0.1, 0.15) is 28.4 Å². The fourth-order valence-corrected chi connectivity index (χ4v) is 2.97. The van der Waals surface area contributed by atoms with E-state index in [0.29, 0.717) is 16.7 Å². The molecule has 0 bridgehead atoms. The van der Waals surface area contributed by atoms with Crippen LogP contribution in [-0.4, -0.2) is 57.3 Å². The van der Waals surface area contributed by atoms with E-state index >= 15 is 0 Å². The number of carbonyl (C=O) groups is 3. The first kappa shape index (κ1) is 21.1. The molecule has 1 amide bonds. The van der Waals surface area contributed by atoms with Crippen molar-refractivity contribution in [1.29, 1.82) is 0 Å². The molecule has 0 aliphatic carbocycles. The van der Waals surface area contributed by atoms with Crippen molar-refractivity contribution < 1.29 is 24.6 Å². The molecule has 8 heteroatoms. The van der Waals surface area contributed by atoms with E-state index in [2.05, 4.69) is 4.99 Å². The summed E-state index contributed by atoms with van der Waals surface area (Å²) in [7, 11) is 0. The summed E-state index contributed by atoms with van der Waals surface area (Å²) >= 11 is 0. The Bertz CT molecular complexity index is 1030. The molecule has 30 heavy (non-hydrogen) atoms. The number of carboxylic acids is 1. The molecule has 3 rings (SSSR count). The summed E-state index contributed by atoms with van der Waals surface area (Å²) in [6, 6.07) is 14.5. The molecule has 2 atom stereocenters. The van der Waals surface area contributed by atoms with Gasteiger partial charge in [-0.05, 0) is 18.6 Å². The van der Waals surface area contributed by atoms with Gasteiger partial charge in [-0.15, -0.1) is 0 Å². The van der Waals surface area contributed by atoms with Crippen molar-refractivity contribution in [3.63, 3.8) is 0 Å². The first-order valence-corrected chi connectivity index (χ1v) is 9.25. The number of aliphatic carboxylic acids is 1. The van der Waals surface area contributed by atoms with Gasteiger partial charge in [-0.3, -0.25) is 19.3 Å². The van der Waals surface area contributed by atoms with Crippen LogP contribution < -0.4 is 5.73 Å². The Hall–Kier alpha value is -3.62. The fourth-order valence-electron chi connectivity index (χ4n) is 2.97. The summed E-state index contributed by atoms with van der Waals surface area (Å²) in [4.78, 5) is 41.3. The van der Waals surface area contributed by atoms with E-state index < -0.39 is 30.6 Å². The molecule has 0 saturated heterocycles. The molecule has 154 valence electrons. The minimum atomic E-state index is -1.22. The Morgan fingerprint density at radius 1 is 1.10 bits per heavy atom. The highest BCUT2D eigenvalue weighted by Gasteiger charge is 2.36. The number of hydrogen-bond donors (Lipinski definition) is 3. The van der Waals surface area contributed by atoms with Gasteiger partial charge in [0.2, 0.25) is 0 Å². The Kier molecular flexibility index (Phi) is 6.20. The van der Waals surface area contributed by atoms with Gasteiger partial charge >= 0.3 is 5.97 Å². The van der Waals surface area contributed by atoms with Crippen LogP contribution in [0.2, 0.25) is 0 Å². The summed E-state index contributed by atoms with van der Waals surface area (Å²) in [5, 5.41) is 18.8. The van der Waals surface area contributed by atoms with Gasteiger partial charge in [-0.1, -0.05) is 54.6 Å². The van der Waals surface area contributed by atoms with Crippen LogP contribution in [-0.2, 0) is 9.59 Å². The fraction of sp³-hybridized carbons (Fsp3) is 0.182. The first-order chi connectivity index (χ1) is 14.3. The summed E-state index contributed by atoms with van der Waals surface area (Å²) in [5.74, 6) is -1.96. The van der Waals surface area contributed by atoms with E-state index in [0.717, 1.165) is 4.90 Å². The zero-order valence-corrected chi connectivity index (χ0v) is 16.2. The zero-order chi connectivity index (χ0) is 21.8. The topological polar surface area (TPSA) is 133 Å². The van der Waals surface area contributed by atoms with Crippen molar-refractivity contribution >= 4 is 29.6 Å². The third kappa shape index (κ3) is 4.51. The standard InChI is InChI=1S/C22H21N3O5/c1-13(26)19(23)21-24-17(22(30)25(21)12-18(27)28)11-14-7-9-16(10-8-14)20(29)15-5-3-2-4-6-15/h2-11,13,19,26H,12,23H2,1H3,(H,27,28)/b17-11-/t13-,19-/m0/s1. The Balaban J connectivity index is 1.87. The molecule has 1 aliphatic rings. The maximum absolute atomic E-state index is 12.6. The Morgan fingerprint density at radius 2 is 1.70 bits per heavy atom. The van der Waals surface area contributed by atoms with Gasteiger partial charge in [0.1, 0.15) is 18.1 Å². The van der Waals surface area contributed by atoms with Crippen LogP contribution in [0, 0.1) is 0 Å². The third-order valence-corrected chi connectivity index (χ3v) is 4.60. The van der Waals surface area contributed by atoms with Crippen LogP contribution in [0.25, 0.3) is 6.08 Å². The second-order valence-corrected chi connectivity index (χ2v) is 6.87. The number of amidine groups is 1. The maximum atomic E-state index is 12.6. The molecule has 0 saturated carbocycles. The van der Waals surface area contributed by atoms with E-state index in [1.165, 1.54) is 13.0 Å². The van der Waals surface area contributed by atoms with E-state index in [1.54, 1.807) is 48.5 Å². The predicted molar refractivity (Wildman–Crippen MR) is 111 cm³/mol. The first-order valence-electron chi connectivity index (χ1n) is 9.25. The molecule has 0 fully saturated rings. The van der Waals surface area contributed by atoms with Gasteiger partial charge < -0.3 is 15.9 Å². The lowest BCUT2D eigenvalue weighted by Crippen LogP contribution is -2.50. The quantitative estimate of drug-likeness (QED) is 0.468. The number of aliphatic imine (C=N–C) groups is 1. The van der Waals surface area contributed by atoms with Gasteiger partial charge in [0.05, 0.1) is 12.1 Å². The molecular formula is C22H21N3O5. The summed E-state index contributed by atoms with van der Waals surface area (Å²) in [6.45, 7) is 0.820. The lowest BCUT2D eigenvalue weighted by atomic mass is 10.0. The molecule has 4 N–H and O–H groups in total. The molecule has 2 aromatic carbocycles. The average Bonchev–Trinajstić information content (AvgIpc) is 3.03. The van der Waals surface area contributed by atoms with Gasteiger partial charge in [0.25, 0.3) is 5.91 Å². The highest BCUT2D eigenvalue weighted by molar-refractivity contribution is 6.17. The number of benzene rings is 2. The Labute approximate surface area is 173 Å². The smallest absolute Gasteiger partial charge is 0.323 e. The van der Waals surface area contributed by atoms with Crippen LogP contribution in [0.15, 0.2) is 65.3 Å². The van der Waals surface area contributed by atoms with Gasteiger partial charge in [0, 0.05) is 11.1 Å². The van der Waals surface area contributed by atoms with Crippen molar-refractivity contribution in [2.75, 3.05) is 6.54 Å². The largest absolute Gasteiger partial charge is 0.480 e. The molecule has 8 nitrogen and oxygen atoms in total. The molecule has 0 aromatic heterocycles. The minimum Gasteiger partial charge on any atom is -0.480 e. The summed E-state index contributed by atoms with van der Waals surface area (Å²) in [5.41, 5.74) is 7.56. The number of nitrogens with two attached hydrogens (primary N) is 1.